The zero-order valence-corrected chi connectivity index (χ0v) is 8.65. The Bertz CT molecular complexity index is 511. The SMILES string of the molecule is O=Nc1c(O)ccc2cc(Br)ccc12. The molecule has 3 nitrogen and oxygen atoms in total. The lowest BCUT2D eigenvalue weighted by Crippen LogP contribution is -1.75. The van der Waals surface area contributed by atoms with Crippen LogP contribution in [0.3, 0.4) is 0 Å². The van der Waals surface area contributed by atoms with Crippen LogP contribution in [-0.2, 0) is 0 Å². The Hall–Kier alpha value is -1.42. The molecule has 0 radical (unpaired) electrons. The third-order valence-electron chi connectivity index (χ3n) is 2.02. The predicted octanol–water partition coefficient (Wildman–Crippen LogP) is 3.71. The second kappa shape index (κ2) is 3.38. The molecule has 0 saturated heterocycles. The van der Waals surface area contributed by atoms with Crippen LogP contribution in [0.15, 0.2) is 40.0 Å². The lowest BCUT2D eigenvalue weighted by atomic mass is 10.1. The first kappa shape index (κ1) is 9.15. The topological polar surface area (TPSA) is 49.7 Å². The second-order valence-electron chi connectivity index (χ2n) is 2.89. The van der Waals surface area contributed by atoms with Crippen molar-refractivity contribution in [1.29, 1.82) is 0 Å². The van der Waals surface area contributed by atoms with Gasteiger partial charge < -0.3 is 5.11 Å². The van der Waals surface area contributed by atoms with Crippen molar-refractivity contribution in [1.82, 2.24) is 0 Å². The number of aromatic hydroxyl groups is 1. The van der Waals surface area contributed by atoms with Gasteiger partial charge in [0.15, 0.2) is 5.69 Å². The van der Waals surface area contributed by atoms with E-state index in [1.165, 1.54) is 6.07 Å². The molecular formula is C10H6BrNO2. The van der Waals surface area contributed by atoms with E-state index in [1.54, 1.807) is 18.2 Å². The molecule has 70 valence electrons. The molecular weight excluding hydrogens is 246 g/mol. The Morgan fingerprint density at radius 2 is 2.00 bits per heavy atom. The molecule has 0 unspecified atom stereocenters. The van der Waals surface area contributed by atoms with Crippen LogP contribution in [0.5, 0.6) is 5.75 Å². The van der Waals surface area contributed by atoms with Gasteiger partial charge in [-0.25, -0.2) is 0 Å². The molecule has 0 aliphatic carbocycles. The third kappa shape index (κ3) is 1.37. The molecule has 14 heavy (non-hydrogen) atoms. The van der Waals surface area contributed by atoms with Crippen molar-refractivity contribution in [3.05, 3.63) is 39.7 Å². The zero-order chi connectivity index (χ0) is 10.1. The first-order valence-electron chi connectivity index (χ1n) is 3.97. The maximum atomic E-state index is 10.5. The lowest BCUT2D eigenvalue weighted by molar-refractivity contribution is 0.477. The van der Waals surface area contributed by atoms with E-state index in [2.05, 4.69) is 21.1 Å². The van der Waals surface area contributed by atoms with Crippen molar-refractivity contribution in [3.63, 3.8) is 0 Å². The molecule has 0 spiro atoms. The van der Waals surface area contributed by atoms with Crippen LogP contribution in [0.25, 0.3) is 10.8 Å². The monoisotopic (exact) mass is 251 g/mol. The van der Waals surface area contributed by atoms with Gasteiger partial charge in [0.1, 0.15) is 5.75 Å². The highest BCUT2D eigenvalue weighted by atomic mass is 79.9. The highest BCUT2D eigenvalue weighted by Gasteiger charge is 2.06. The first-order valence-corrected chi connectivity index (χ1v) is 4.76. The number of hydrogen-bond donors (Lipinski definition) is 1. The molecule has 0 amide bonds. The number of phenolic OH excluding ortho intramolecular Hbond substituents is 1. The molecule has 2 rings (SSSR count). The fraction of sp³-hybridized carbons (Fsp3) is 0. The van der Waals surface area contributed by atoms with Gasteiger partial charge in [-0.2, -0.15) is 0 Å². The number of nitrogens with zero attached hydrogens (tertiary/aromatic N) is 1. The molecule has 2 aromatic carbocycles. The molecule has 0 aliphatic heterocycles. The smallest absolute Gasteiger partial charge is 0.157 e. The Balaban J connectivity index is 2.88. The Labute approximate surface area is 88.5 Å². The van der Waals surface area contributed by atoms with Crippen molar-refractivity contribution in [3.8, 4) is 5.75 Å². The van der Waals surface area contributed by atoms with E-state index in [0.29, 0.717) is 5.39 Å². The maximum absolute atomic E-state index is 10.5. The molecule has 0 heterocycles. The van der Waals surface area contributed by atoms with Crippen molar-refractivity contribution in [2.75, 3.05) is 0 Å². The number of benzene rings is 2. The van der Waals surface area contributed by atoms with Gasteiger partial charge in [0, 0.05) is 9.86 Å². The average Bonchev–Trinajstić information content (AvgIpc) is 2.18. The summed E-state index contributed by atoms with van der Waals surface area (Å²) < 4.78 is 0.924. The van der Waals surface area contributed by atoms with Gasteiger partial charge in [-0.15, -0.1) is 4.91 Å². The minimum Gasteiger partial charge on any atom is -0.506 e. The quantitative estimate of drug-likeness (QED) is 0.786. The van der Waals surface area contributed by atoms with E-state index >= 15 is 0 Å². The normalized spacial score (nSPS) is 10.4. The van der Waals surface area contributed by atoms with Crippen LogP contribution in [0.2, 0.25) is 0 Å². The van der Waals surface area contributed by atoms with E-state index in [-0.39, 0.29) is 11.4 Å². The molecule has 0 saturated carbocycles. The van der Waals surface area contributed by atoms with Gasteiger partial charge in [-0.05, 0) is 28.8 Å². The van der Waals surface area contributed by atoms with Crippen molar-refractivity contribution in [2.24, 2.45) is 5.18 Å². The van der Waals surface area contributed by atoms with E-state index in [1.807, 2.05) is 6.07 Å². The average molecular weight is 252 g/mol. The summed E-state index contributed by atoms with van der Waals surface area (Å²) in [6, 6.07) is 8.62. The largest absolute Gasteiger partial charge is 0.506 e. The maximum Gasteiger partial charge on any atom is 0.157 e. The van der Waals surface area contributed by atoms with E-state index in [9.17, 15) is 10.0 Å². The van der Waals surface area contributed by atoms with Crippen LogP contribution in [0.4, 0.5) is 5.69 Å². The fourth-order valence-corrected chi connectivity index (χ4v) is 1.75. The molecule has 0 aliphatic rings. The summed E-state index contributed by atoms with van der Waals surface area (Å²) in [4.78, 5) is 10.5. The molecule has 2 aromatic rings. The van der Waals surface area contributed by atoms with Crippen LogP contribution in [-0.4, -0.2) is 5.11 Å². The molecule has 0 aromatic heterocycles. The summed E-state index contributed by atoms with van der Waals surface area (Å²) in [5, 5.41) is 13.7. The van der Waals surface area contributed by atoms with Crippen LogP contribution in [0.1, 0.15) is 0 Å². The zero-order valence-electron chi connectivity index (χ0n) is 7.07. The minimum absolute atomic E-state index is 0.0881. The minimum atomic E-state index is -0.0881. The third-order valence-corrected chi connectivity index (χ3v) is 2.52. The Morgan fingerprint density at radius 1 is 1.21 bits per heavy atom. The summed E-state index contributed by atoms with van der Waals surface area (Å²) in [6.45, 7) is 0. The van der Waals surface area contributed by atoms with E-state index in [4.69, 9.17) is 0 Å². The fourth-order valence-electron chi connectivity index (χ4n) is 1.37. The standard InChI is InChI=1S/C10H6BrNO2/c11-7-2-3-8-6(5-7)1-4-9(13)10(8)12-14/h1-5,13H. The van der Waals surface area contributed by atoms with Gasteiger partial charge in [-0.1, -0.05) is 28.1 Å². The molecule has 1 N–H and O–H groups in total. The number of fused-ring (bicyclic) bond motifs is 1. The Kier molecular flexibility index (Phi) is 2.21. The van der Waals surface area contributed by atoms with Gasteiger partial charge in [0.05, 0.1) is 0 Å². The summed E-state index contributed by atoms with van der Waals surface area (Å²) in [6.07, 6.45) is 0. The summed E-state index contributed by atoms with van der Waals surface area (Å²) in [5.41, 5.74) is 0.0926. The summed E-state index contributed by atoms with van der Waals surface area (Å²) in [7, 11) is 0. The second-order valence-corrected chi connectivity index (χ2v) is 3.81. The number of halogens is 1. The van der Waals surface area contributed by atoms with E-state index in [0.717, 1.165) is 9.86 Å². The molecule has 0 fully saturated rings. The van der Waals surface area contributed by atoms with Gasteiger partial charge in [-0.3, -0.25) is 0 Å². The molecule has 0 atom stereocenters. The summed E-state index contributed by atoms with van der Waals surface area (Å²) in [5.74, 6) is -0.0881. The van der Waals surface area contributed by atoms with Gasteiger partial charge in [0.25, 0.3) is 0 Å². The van der Waals surface area contributed by atoms with Gasteiger partial charge >= 0.3 is 0 Å². The van der Waals surface area contributed by atoms with Crippen LogP contribution in [0, 0.1) is 4.91 Å². The number of phenols is 1. The predicted molar refractivity (Wildman–Crippen MR) is 58.8 cm³/mol. The number of nitroso groups, excluding NO2 is 1. The van der Waals surface area contributed by atoms with Crippen LogP contribution < -0.4 is 0 Å². The molecule has 4 heteroatoms. The van der Waals surface area contributed by atoms with Crippen molar-refractivity contribution < 1.29 is 5.11 Å². The lowest BCUT2D eigenvalue weighted by Gasteiger charge is -2.02. The highest BCUT2D eigenvalue weighted by Crippen LogP contribution is 2.35. The van der Waals surface area contributed by atoms with Gasteiger partial charge in [0.2, 0.25) is 0 Å². The molecule has 0 bridgehead atoms. The van der Waals surface area contributed by atoms with Crippen LogP contribution >= 0.6 is 15.9 Å². The van der Waals surface area contributed by atoms with Crippen molar-refractivity contribution >= 4 is 32.4 Å². The summed E-state index contributed by atoms with van der Waals surface area (Å²) >= 11 is 3.33. The number of rotatable bonds is 1. The number of hydrogen-bond acceptors (Lipinski definition) is 3. The first-order chi connectivity index (χ1) is 6.72. The van der Waals surface area contributed by atoms with Crippen molar-refractivity contribution in [2.45, 2.75) is 0 Å². The highest BCUT2D eigenvalue weighted by molar-refractivity contribution is 9.10. The van der Waals surface area contributed by atoms with E-state index < -0.39 is 0 Å². The Morgan fingerprint density at radius 3 is 2.71 bits per heavy atom.